The van der Waals surface area contributed by atoms with Crippen LogP contribution in [-0.2, 0) is 11.3 Å². The SMILES string of the molecule is C#CCn1c(=O)n(C2CCC(CC(F)(F)F)O2)c2nc(N)[nH]c(=O)c21. The predicted molar refractivity (Wildman–Crippen MR) is 81.7 cm³/mol. The molecule has 1 saturated heterocycles. The number of fused-ring (bicyclic) bond motifs is 1. The van der Waals surface area contributed by atoms with Crippen molar-refractivity contribution in [2.24, 2.45) is 0 Å². The monoisotopic (exact) mass is 357 g/mol. The molecule has 0 amide bonds. The first-order chi connectivity index (χ1) is 11.7. The smallest absolute Gasteiger partial charge is 0.369 e. The minimum Gasteiger partial charge on any atom is -0.369 e. The lowest BCUT2D eigenvalue weighted by molar-refractivity contribution is -0.162. The summed E-state index contributed by atoms with van der Waals surface area (Å²) >= 11 is 0. The Morgan fingerprint density at radius 3 is 2.76 bits per heavy atom. The zero-order valence-electron chi connectivity index (χ0n) is 12.8. The summed E-state index contributed by atoms with van der Waals surface area (Å²) in [5.41, 5.74) is 3.99. The first-order valence-corrected chi connectivity index (χ1v) is 7.37. The van der Waals surface area contributed by atoms with E-state index < -0.39 is 36.2 Å². The number of terminal acetylenes is 1. The van der Waals surface area contributed by atoms with E-state index in [0.29, 0.717) is 0 Å². The molecule has 3 N–H and O–H groups in total. The summed E-state index contributed by atoms with van der Waals surface area (Å²) in [6.45, 7) is -0.199. The van der Waals surface area contributed by atoms with Gasteiger partial charge in [0, 0.05) is 0 Å². The highest BCUT2D eigenvalue weighted by Gasteiger charge is 2.38. The summed E-state index contributed by atoms with van der Waals surface area (Å²) in [6.07, 6.45) is -2.02. The predicted octanol–water partition coefficient (Wildman–Crippen LogP) is 0.732. The first-order valence-electron chi connectivity index (χ1n) is 7.37. The van der Waals surface area contributed by atoms with Gasteiger partial charge in [0.2, 0.25) is 5.95 Å². The average Bonchev–Trinajstić information content (AvgIpc) is 3.01. The van der Waals surface area contributed by atoms with Crippen LogP contribution in [0, 0.1) is 12.3 Å². The number of rotatable bonds is 3. The van der Waals surface area contributed by atoms with Crippen LogP contribution in [0.15, 0.2) is 9.59 Å². The lowest BCUT2D eigenvalue weighted by atomic mass is 10.2. The topological polar surface area (TPSA) is 108 Å². The number of nitrogen functional groups attached to an aromatic ring is 1. The van der Waals surface area contributed by atoms with Gasteiger partial charge in [-0.2, -0.15) is 18.2 Å². The largest absolute Gasteiger partial charge is 0.391 e. The Kier molecular flexibility index (Phi) is 4.08. The highest BCUT2D eigenvalue weighted by atomic mass is 19.4. The van der Waals surface area contributed by atoms with Crippen LogP contribution in [0.5, 0.6) is 0 Å². The van der Waals surface area contributed by atoms with Crippen LogP contribution in [0.3, 0.4) is 0 Å². The average molecular weight is 357 g/mol. The number of ether oxygens (including phenoxy) is 1. The van der Waals surface area contributed by atoms with E-state index in [1.54, 1.807) is 0 Å². The molecule has 1 aliphatic rings. The van der Waals surface area contributed by atoms with Gasteiger partial charge in [-0.25, -0.2) is 9.36 Å². The van der Waals surface area contributed by atoms with E-state index in [4.69, 9.17) is 16.9 Å². The minimum absolute atomic E-state index is 0.0702. The van der Waals surface area contributed by atoms with E-state index in [9.17, 15) is 22.8 Å². The van der Waals surface area contributed by atoms with Crippen molar-refractivity contribution in [1.29, 1.82) is 0 Å². The molecule has 25 heavy (non-hydrogen) atoms. The van der Waals surface area contributed by atoms with Gasteiger partial charge in [-0.15, -0.1) is 6.42 Å². The Morgan fingerprint density at radius 1 is 1.40 bits per heavy atom. The van der Waals surface area contributed by atoms with E-state index in [0.717, 1.165) is 9.13 Å². The molecule has 3 rings (SSSR count). The Morgan fingerprint density at radius 2 is 2.12 bits per heavy atom. The van der Waals surface area contributed by atoms with Gasteiger partial charge < -0.3 is 10.5 Å². The fourth-order valence-corrected chi connectivity index (χ4v) is 2.98. The van der Waals surface area contributed by atoms with Crippen LogP contribution < -0.4 is 17.0 Å². The number of hydrogen-bond acceptors (Lipinski definition) is 5. The number of imidazole rings is 1. The maximum atomic E-state index is 12.6. The van der Waals surface area contributed by atoms with Crippen molar-refractivity contribution in [3.8, 4) is 12.3 Å². The van der Waals surface area contributed by atoms with Crippen molar-refractivity contribution in [2.45, 2.75) is 44.3 Å². The molecule has 2 aromatic rings. The van der Waals surface area contributed by atoms with E-state index in [1.807, 2.05) is 0 Å². The van der Waals surface area contributed by atoms with Crippen molar-refractivity contribution in [1.82, 2.24) is 19.1 Å². The van der Waals surface area contributed by atoms with Crippen LogP contribution in [0.4, 0.5) is 19.1 Å². The molecular weight excluding hydrogens is 343 g/mol. The Bertz CT molecular complexity index is 965. The van der Waals surface area contributed by atoms with E-state index >= 15 is 0 Å². The van der Waals surface area contributed by atoms with Gasteiger partial charge in [-0.1, -0.05) is 5.92 Å². The molecule has 0 aromatic carbocycles. The van der Waals surface area contributed by atoms with Crippen LogP contribution in [0.2, 0.25) is 0 Å². The van der Waals surface area contributed by atoms with Gasteiger partial charge in [0.15, 0.2) is 11.2 Å². The van der Waals surface area contributed by atoms with Crippen molar-refractivity contribution in [3.05, 3.63) is 20.8 Å². The van der Waals surface area contributed by atoms with Crippen LogP contribution >= 0.6 is 0 Å². The molecule has 0 spiro atoms. The summed E-state index contributed by atoms with van der Waals surface area (Å²) in [4.78, 5) is 30.9. The van der Waals surface area contributed by atoms with E-state index in [2.05, 4.69) is 15.9 Å². The summed E-state index contributed by atoms with van der Waals surface area (Å²) < 4.78 is 45.0. The first kappa shape index (κ1) is 17.1. The lowest BCUT2D eigenvalue weighted by Crippen LogP contribution is -2.28. The van der Waals surface area contributed by atoms with E-state index in [1.165, 1.54) is 0 Å². The molecule has 0 radical (unpaired) electrons. The molecular formula is C14H14F3N5O3. The van der Waals surface area contributed by atoms with Gasteiger partial charge in [0.1, 0.15) is 6.23 Å². The summed E-state index contributed by atoms with van der Waals surface area (Å²) in [5.74, 6) is 2.02. The number of alkyl halides is 3. The molecule has 1 fully saturated rings. The number of aromatic nitrogens is 4. The van der Waals surface area contributed by atoms with Gasteiger partial charge in [0.25, 0.3) is 5.56 Å². The fourth-order valence-electron chi connectivity index (χ4n) is 2.98. The molecule has 2 unspecified atom stereocenters. The molecule has 3 heterocycles. The molecule has 2 atom stereocenters. The number of nitrogens with two attached hydrogens (primary N) is 1. The third-order valence-electron chi connectivity index (χ3n) is 3.91. The van der Waals surface area contributed by atoms with Crippen molar-refractivity contribution >= 4 is 17.1 Å². The Hall–Kier alpha value is -2.74. The summed E-state index contributed by atoms with van der Waals surface area (Å²) in [7, 11) is 0. The van der Waals surface area contributed by atoms with Crippen molar-refractivity contribution in [2.75, 3.05) is 5.73 Å². The number of anilines is 1. The van der Waals surface area contributed by atoms with Gasteiger partial charge in [-0.05, 0) is 12.8 Å². The van der Waals surface area contributed by atoms with Crippen LogP contribution in [0.1, 0.15) is 25.5 Å². The highest BCUT2D eigenvalue weighted by Crippen LogP contribution is 2.35. The second-order valence-electron chi connectivity index (χ2n) is 5.68. The number of hydrogen-bond donors (Lipinski definition) is 2. The standard InChI is InChI=1S/C14H14F3N5O3/c1-2-5-21-9-10(19-12(18)20-11(9)23)22(13(21)24)8-4-3-7(25-8)6-14(15,16)17/h1,7-8H,3-6H2,(H3,18,19,20,23). The third kappa shape index (κ3) is 3.12. The summed E-state index contributed by atoms with van der Waals surface area (Å²) in [5, 5.41) is 0. The second-order valence-corrected chi connectivity index (χ2v) is 5.68. The lowest BCUT2D eigenvalue weighted by Gasteiger charge is -2.16. The van der Waals surface area contributed by atoms with Gasteiger partial charge in [-0.3, -0.25) is 14.3 Å². The third-order valence-corrected chi connectivity index (χ3v) is 3.91. The normalized spacial score (nSPS) is 20.9. The fraction of sp³-hybridized carbons (Fsp3) is 0.500. The van der Waals surface area contributed by atoms with E-state index in [-0.39, 0.29) is 36.5 Å². The zero-order valence-corrected chi connectivity index (χ0v) is 12.8. The molecule has 0 aliphatic carbocycles. The van der Waals surface area contributed by atoms with Crippen molar-refractivity contribution in [3.63, 3.8) is 0 Å². The summed E-state index contributed by atoms with van der Waals surface area (Å²) in [6, 6.07) is 0. The molecule has 134 valence electrons. The highest BCUT2D eigenvalue weighted by molar-refractivity contribution is 5.71. The zero-order chi connectivity index (χ0) is 18.4. The number of nitrogens with zero attached hydrogens (tertiary/aromatic N) is 3. The van der Waals surface area contributed by atoms with Crippen LogP contribution in [0.25, 0.3) is 11.2 Å². The number of nitrogens with one attached hydrogen (secondary N) is 1. The molecule has 0 saturated carbocycles. The maximum Gasteiger partial charge on any atom is 0.391 e. The maximum absolute atomic E-state index is 12.6. The van der Waals surface area contributed by atoms with Gasteiger partial charge >= 0.3 is 11.9 Å². The molecule has 0 bridgehead atoms. The number of aromatic amines is 1. The van der Waals surface area contributed by atoms with Gasteiger partial charge in [0.05, 0.1) is 19.1 Å². The molecule has 8 nitrogen and oxygen atoms in total. The number of halogens is 3. The second kappa shape index (κ2) is 5.96. The Labute approximate surface area is 138 Å². The minimum atomic E-state index is -4.37. The molecule has 1 aliphatic heterocycles. The number of H-pyrrole nitrogens is 1. The van der Waals surface area contributed by atoms with Crippen LogP contribution in [-0.4, -0.2) is 31.4 Å². The Balaban J connectivity index is 2.09. The van der Waals surface area contributed by atoms with Crippen molar-refractivity contribution < 1.29 is 17.9 Å². The quantitative estimate of drug-likeness (QED) is 0.788. The molecule has 11 heteroatoms. The molecule has 2 aromatic heterocycles.